The summed E-state index contributed by atoms with van der Waals surface area (Å²) in [4.78, 5) is 37.1. The van der Waals surface area contributed by atoms with E-state index in [0.717, 1.165) is 23.4 Å². The third-order valence-electron chi connectivity index (χ3n) is 5.78. The Balaban J connectivity index is 1.89. The van der Waals surface area contributed by atoms with Gasteiger partial charge in [0, 0.05) is 54.0 Å². The number of para-hydroxylation sites is 1. The molecule has 3 rings (SSSR count). The topological polar surface area (TPSA) is 92.6 Å². The molecule has 32 heavy (non-hydrogen) atoms. The standard InChI is InChI=1S/C25H29N3O4/c1-4-15-26-24(30)10-7-16-27-21-9-6-5-8-20(21)25(2,3)23(27)14-11-18-17-19(28(31)32)12-13-22(18)29/h5-6,8-9,11-14,17H,4,7,10,15-16H2,1-3H3,(H,26,30)/b18-11-,23-14-. The second-order valence-electron chi connectivity index (χ2n) is 8.45. The zero-order chi connectivity index (χ0) is 23.3. The smallest absolute Gasteiger partial charge is 0.270 e. The average molecular weight is 436 g/mol. The van der Waals surface area contributed by atoms with Crippen LogP contribution < -0.4 is 10.2 Å². The SMILES string of the molecule is CCCNC(=O)CCCN1/C(=C\C=C2\C=C([N+](=O)[O-])C=CC2=O)C(C)(C)c2ccccc21. The van der Waals surface area contributed by atoms with E-state index < -0.39 is 4.92 Å². The Morgan fingerprint density at radius 1 is 1.22 bits per heavy atom. The lowest BCUT2D eigenvalue weighted by atomic mass is 9.83. The summed E-state index contributed by atoms with van der Waals surface area (Å²) < 4.78 is 0. The largest absolute Gasteiger partial charge is 0.356 e. The minimum Gasteiger partial charge on any atom is -0.356 e. The first-order valence-electron chi connectivity index (χ1n) is 10.9. The summed E-state index contributed by atoms with van der Waals surface area (Å²) in [5.41, 5.74) is 3.07. The molecule has 0 aromatic heterocycles. The summed E-state index contributed by atoms with van der Waals surface area (Å²) in [6.45, 7) is 7.58. The Morgan fingerprint density at radius 3 is 2.69 bits per heavy atom. The summed E-state index contributed by atoms with van der Waals surface area (Å²) in [5, 5.41) is 14.0. The molecule has 7 nitrogen and oxygen atoms in total. The number of nitrogens with one attached hydrogen (secondary N) is 1. The molecular formula is C25H29N3O4. The number of ketones is 1. The summed E-state index contributed by atoms with van der Waals surface area (Å²) in [6, 6.07) is 8.13. The van der Waals surface area contributed by atoms with E-state index in [4.69, 9.17) is 0 Å². The fraction of sp³-hybridized carbons (Fsp3) is 0.360. The van der Waals surface area contributed by atoms with Gasteiger partial charge in [-0.05, 0) is 42.7 Å². The number of amides is 1. The van der Waals surface area contributed by atoms with Crippen LogP contribution in [0.4, 0.5) is 5.69 Å². The van der Waals surface area contributed by atoms with Gasteiger partial charge >= 0.3 is 0 Å². The van der Waals surface area contributed by atoms with Gasteiger partial charge in [0.15, 0.2) is 5.78 Å². The van der Waals surface area contributed by atoms with Crippen LogP contribution in [0.3, 0.4) is 0 Å². The maximum Gasteiger partial charge on any atom is 0.270 e. The lowest BCUT2D eigenvalue weighted by molar-refractivity contribution is -0.419. The number of benzene rings is 1. The highest BCUT2D eigenvalue weighted by molar-refractivity contribution is 6.07. The molecule has 0 saturated heterocycles. The van der Waals surface area contributed by atoms with Crippen molar-refractivity contribution in [1.82, 2.24) is 5.32 Å². The highest BCUT2D eigenvalue weighted by atomic mass is 16.6. The number of nitrogens with zero attached hydrogens (tertiary/aromatic N) is 2. The van der Waals surface area contributed by atoms with Crippen molar-refractivity contribution in [2.75, 3.05) is 18.0 Å². The van der Waals surface area contributed by atoms with Crippen molar-refractivity contribution in [1.29, 1.82) is 0 Å². The van der Waals surface area contributed by atoms with Crippen LogP contribution in [-0.4, -0.2) is 29.7 Å². The molecule has 1 amide bonds. The molecule has 0 atom stereocenters. The van der Waals surface area contributed by atoms with E-state index in [0.29, 0.717) is 25.9 Å². The van der Waals surface area contributed by atoms with Crippen LogP contribution in [0.2, 0.25) is 0 Å². The van der Waals surface area contributed by atoms with E-state index in [1.807, 2.05) is 25.1 Å². The zero-order valence-electron chi connectivity index (χ0n) is 18.8. The number of nitro groups is 1. The van der Waals surface area contributed by atoms with Crippen LogP contribution in [0, 0.1) is 10.1 Å². The number of hydrogen-bond donors (Lipinski definition) is 1. The van der Waals surface area contributed by atoms with Crippen molar-refractivity contribution in [3.63, 3.8) is 0 Å². The summed E-state index contributed by atoms with van der Waals surface area (Å²) in [6.07, 6.45) is 9.30. The van der Waals surface area contributed by atoms with Gasteiger partial charge in [-0.1, -0.05) is 39.0 Å². The van der Waals surface area contributed by atoms with Crippen LogP contribution >= 0.6 is 0 Å². The summed E-state index contributed by atoms with van der Waals surface area (Å²) in [5.74, 6) is -0.219. The predicted octanol–water partition coefficient (Wildman–Crippen LogP) is 4.20. The average Bonchev–Trinajstić information content (AvgIpc) is 2.98. The maximum atomic E-state index is 12.3. The number of rotatable bonds is 8. The summed E-state index contributed by atoms with van der Waals surface area (Å²) >= 11 is 0. The number of hydrogen-bond acceptors (Lipinski definition) is 5. The van der Waals surface area contributed by atoms with Crippen LogP contribution in [0.1, 0.15) is 45.6 Å². The normalized spacial score (nSPS) is 19.3. The third-order valence-corrected chi connectivity index (χ3v) is 5.78. The molecular weight excluding hydrogens is 406 g/mol. The van der Waals surface area contributed by atoms with Crippen molar-refractivity contribution in [2.45, 2.75) is 45.4 Å². The molecule has 0 spiro atoms. The van der Waals surface area contributed by atoms with Crippen LogP contribution in [-0.2, 0) is 15.0 Å². The van der Waals surface area contributed by atoms with Gasteiger partial charge in [0.2, 0.25) is 5.91 Å². The van der Waals surface area contributed by atoms with E-state index in [2.05, 4.69) is 36.2 Å². The van der Waals surface area contributed by atoms with Crippen molar-refractivity contribution in [3.8, 4) is 0 Å². The van der Waals surface area contributed by atoms with Gasteiger partial charge in [-0.2, -0.15) is 0 Å². The van der Waals surface area contributed by atoms with Crippen LogP contribution in [0.25, 0.3) is 0 Å². The number of carbonyl (C=O) groups is 2. The van der Waals surface area contributed by atoms with Gasteiger partial charge in [0.1, 0.15) is 0 Å². The Morgan fingerprint density at radius 2 is 1.97 bits per heavy atom. The molecule has 0 bridgehead atoms. The van der Waals surface area contributed by atoms with Gasteiger partial charge in [0.05, 0.1) is 4.92 Å². The fourth-order valence-corrected chi connectivity index (χ4v) is 4.08. The van der Waals surface area contributed by atoms with Gasteiger partial charge < -0.3 is 10.2 Å². The van der Waals surface area contributed by atoms with E-state index in [1.54, 1.807) is 6.08 Å². The first kappa shape index (κ1) is 23.2. The van der Waals surface area contributed by atoms with Gasteiger partial charge in [0.25, 0.3) is 5.70 Å². The zero-order valence-corrected chi connectivity index (χ0v) is 18.8. The molecule has 0 saturated carbocycles. The number of allylic oxidation sites excluding steroid dienone is 7. The first-order chi connectivity index (χ1) is 15.3. The number of fused-ring (bicyclic) bond motifs is 1. The van der Waals surface area contributed by atoms with Crippen LogP contribution in [0.15, 0.2) is 71.6 Å². The highest BCUT2D eigenvalue weighted by Crippen LogP contribution is 2.47. The van der Waals surface area contributed by atoms with Crippen molar-refractivity contribution in [2.24, 2.45) is 0 Å². The second-order valence-corrected chi connectivity index (χ2v) is 8.45. The lowest BCUT2D eigenvalue weighted by Gasteiger charge is -2.27. The van der Waals surface area contributed by atoms with Crippen molar-refractivity contribution < 1.29 is 14.5 Å². The van der Waals surface area contributed by atoms with E-state index in [9.17, 15) is 19.7 Å². The third kappa shape index (κ3) is 4.88. The number of carbonyl (C=O) groups excluding carboxylic acids is 2. The minimum atomic E-state index is -0.505. The minimum absolute atomic E-state index is 0.0447. The van der Waals surface area contributed by atoms with Gasteiger partial charge in [-0.3, -0.25) is 19.7 Å². The fourth-order valence-electron chi connectivity index (χ4n) is 4.08. The molecule has 1 aliphatic carbocycles. The van der Waals surface area contributed by atoms with Crippen LogP contribution in [0.5, 0.6) is 0 Å². The highest BCUT2D eigenvalue weighted by Gasteiger charge is 2.39. The molecule has 2 aliphatic rings. The Kier molecular flexibility index (Phi) is 7.08. The second kappa shape index (κ2) is 9.77. The Bertz CT molecular complexity index is 1050. The molecule has 168 valence electrons. The number of anilines is 1. The van der Waals surface area contributed by atoms with E-state index in [1.165, 1.54) is 18.2 Å². The maximum absolute atomic E-state index is 12.3. The van der Waals surface area contributed by atoms with Crippen molar-refractivity contribution in [3.05, 3.63) is 87.3 Å². The molecule has 1 aliphatic heterocycles. The molecule has 0 fully saturated rings. The monoisotopic (exact) mass is 435 g/mol. The molecule has 1 N–H and O–H groups in total. The molecule has 7 heteroatoms. The first-order valence-corrected chi connectivity index (χ1v) is 10.9. The van der Waals surface area contributed by atoms with E-state index in [-0.39, 0.29) is 28.4 Å². The Hall–Kier alpha value is -3.48. The van der Waals surface area contributed by atoms with E-state index >= 15 is 0 Å². The summed E-state index contributed by atoms with van der Waals surface area (Å²) in [7, 11) is 0. The molecule has 1 aromatic rings. The molecule has 0 unspecified atom stereocenters. The lowest BCUT2D eigenvalue weighted by Crippen LogP contribution is -2.29. The Labute approximate surface area is 188 Å². The molecule has 1 aromatic carbocycles. The van der Waals surface area contributed by atoms with Crippen molar-refractivity contribution >= 4 is 17.4 Å². The van der Waals surface area contributed by atoms with Gasteiger partial charge in [-0.15, -0.1) is 0 Å². The quantitative estimate of drug-likeness (QED) is 0.375. The predicted molar refractivity (Wildman–Crippen MR) is 125 cm³/mol. The molecule has 1 heterocycles. The van der Waals surface area contributed by atoms with Gasteiger partial charge in [-0.25, -0.2) is 0 Å². The molecule has 0 radical (unpaired) electrons.